The third-order valence-corrected chi connectivity index (χ3v) is 5.72. The van der Waals surface area contributed by atoms with E-state index in [1.165, 1.54) is 30.8 Å². The van der Waals surface area contributed by atoms with E-state index in [0.717, 1.165) is 42.9 Å². The molecule has 8 heteroatoms. The highest BCUT2D eigenvalue weighted by molar-refractivity contribution is 14.0. The molecule has 0 radical (unpaired) electrons. The zero-order valence-corrected chi connectivity index (χ0v) is 19.7. The Kier molecular flexibility index (Phi) is 11.7. The van der Waals surface area contributed by atoms with Gasteiger partial charge in [0.2, 0.25) is 0 Å². The highest BCUT2D eigenvalue weighted by atomic mass is 127. The molecular weight excluding hydrogens is 461 g/mol. The summed E-state index contributed by atoms with van der Waals surface area (Å²) < 4.78 is 5.17. The Balaban J connectivity index is 0.00000338. The molecule has 26 heavy (non-hydrogen) atoms. The minimum atomic E-state index is 0. The molecule has 2 N–H and O–H groups in total. The molecule has 0 spiro atoms. The van der Waals surface area contributed by atoms with Gasteiger partial charge in [0.1, 0.15) is 5.01 Å². The van der Waals surface area contributed by atoms with Crippen molar-refractivity contribution in [2.45, 2.75) is 40.2 Å². The van der Waals surface area contributed by atoms with Gasteiger partial charge in [-0.25, -0.2) is 9.98 Å². The van der Waals surface area contributed by atoms with E-state index in [1.807, 2.05) is 0 Å². The first-order chi connectivity index (χ1) is 12.1. The normalized spacial score (nSPS) is 16.4. The largest absolute Gasteiger partial charge is 0.383 e. The van der Waals surface area contributed by atoms with Gasteiger partial charge in [-0.15, -0.1) is 35.3 Å². The lowest BCUT2D eigenvalue weighted by atomic mass is 9.97. The van der Waals surface area contributed by atoms with Crippen molar-refractivity contribution < 1.29 is 4.74 Å². The molecule has 1 aliphatic heterocycles. The Morgan fingerprint density at radius 2 is 2.04 bits per heavy atom. The average molecular weight is 495 g/mol. The zero-order chi connectivity index (χ0) is 18.1. The first-order valence-corrected chi connectivity index (χ1v) is 10.1. The Hall–Kier alpha value is -0.450. The molecule has 2 rings (SSSR count). The average Bonchev–Trinajstić information content (AvgIpc) is 2.94. The number of guanidine groups is 1. The van der Waals surface area contributed by atoms with Gasteiger partial charge in [-0.2, -0.15) is 0 Å². The number of aryl methyl sites for hydroxylation is 2. The van der Waals surface area contributed by atoms with Crippen molar-refractivity contribution in [3.63, 3.8) is 0 Å². The number of hydrogen-bond acceptors (Lipinski definition) is 5. The number of thiazole rings is 1. The highest BCUT2D eigenvalue weighted by Gasteiger charge is 2.19. The van der Waals surface area contributed by atoms with Crippen LogP contribution in [0.15, 0.2) is 4.99 Å². The third kappa shape index (κ3) is 8.06. The lowest BCUT2D eigenvalue weighted by Gasteiger charge is -2.32. The summed E-state index contributed by atoms with van der Waals surface area (Å²) in [4.78, 5) is 13.0. The van der Waals surface area contributed by atoms with E-state index >= 15 is 0 Å². The molecule has 150 valence electrons. The SMILES string of the molecule is CCNC(=NCc1nc(C)c(C)s1)NCC1CCN(CCOC)CC1.I. The van der Waals surface area contributed by atoms with Crippen LogP contribution in [0.4, 0.5) is 0 Å². The number of piperidine rings is 1. The first kappa shape index (κ1) is 23.6. The number of hydrogen-bond donors (Lipinski definition) is 2. The maximum atomic E-state index is 5.17. The van der Waals surface area contributed by atoms with E-state index in [4.69, 9.17) is 9.73 Å². The smallest absolute Gasteiger partial charge is 0.191 e. The van der Waals surface area contributed by atoms with E-state index < -0.39 is 0 Å². The zero-order valence-electron chi connectivity index (χ0n) is 16.5. The van der Waals surface area contributed by atoms with Gasteiger partial charge in [0.05, 0.1) is 18.8 Å². The summed E-state index contributed by atoms with van der Waals surface area (Å²) in [6, 6.07) is 0. The van der Waals surface area contributed by atoms with Crippen LogP contribution in [-0.2, 0) is 11.3 Å². The highest BCUT2D eigenvalue weighted by Crippen LogP contribution is 2.17. The number of methoxy groups -OCH3 is 1. The maximum absolute atomic E-state index is 5.17. The van der Waals surface area contributed by atoms with Crippen molar-refractivity contribution in [1.82, 2.24) is 20.5 Å². The van der Waals surface area contributed by atoms with Crippen molar-refractivity contribution >= 4 is 41.3 Å². The predicted molar refractivity (Wildman–Crippen MR) is 121 cm³/mol. The molecule has 1 fully saturated rings. The molecule has 0 unspecified atom stereocenters. The van der Waals surface area contributed by atoms with Gasteiger partial charge in [-0.1, -0.05) is 0 Å². The lowest BCUT2D eigenvalue weighted by Crippen LogP contribution is -2.43. The van der Waals surface area contributed by atoms with Gasteiger partial charge in [-0.05, 0) is 52.6 Å². The van der Waals surface area contributed by atoms with Gasteiger partial charge in [0.25, 0.3) is 0 Å². The fourth-order valence-electron chi connectivity index (χ4n) is 2.97. The van der Waals surface area contributed by atoms with E-state index in [-0.39, 0.29) is 24.0 Å². The van der Waals surface area contributed by atoms with Crippen molar-refractivity contribution in [1.29, 1.82) is 0 Å². The number of nitrogens with zero attached hydrogens (tertiary/aromatic N) is 3. The van der Waals surface area contributed by atoms with Crippen LogP contribution in [0, 0.1) is 19.8 Å². The molecule has 0 bridgehead atoms. The number of ether oxygens (including phenoxy) is 1. The Morgan fingerprint density at radius 3 is 2.62 bits per heavy atom. The van der Waals surface area contributed by atoms with Crippen molar-refractivity contribution in [3.05, 3.63) is 15.6 Å². The molecule has 2 heterocycles. The van der Waals surface area contributed by atoms with Gasteiger partial charge in [0, 0.05) is 31.6 Å². The molecular formula is C18H34IN5OS. The Morgan fingerprint density at radius 1 is 1.31 bits per heavy atom. The van der Waals surface area contributed by atoms with E-state index in [1.54, 1.807) is 18.4 Å². The molecule has 0 atom stereocenters. The number of halogens is 1. The van der Waals surface area contributed by atoms with Crippen molar-refractivity contribution in [2.75, 3.05) is 46.4 Å². The summed E-state index contributed by atoms with van der Waals surface area (Å²) in [7, 11) is 1.77. The number of nitrogens with one attached hydrogen (secondary N) is 2. The lowest BCUT2D eigenvalue weighted by molar-refractivity contribution is 0.121. The topological polar surface area (TPSA) is 61.8 Å². The van der Waals surface area contributed by atoms with Gasteiger partial charge in [-0.3, -0.25) is 0 Å². The number of likely N-dealkylation sites (tertiary alicyclic amines) is 1. The second-order valence-electron chi connectivity index (χ2n) is 6.60. The number of aliphatic imine (C=N–C) groups is 1. The third-order valence-electron chi connectivity index (χ3n) is 4.67. The maximum Gasteiger partial charge on any atom is 0.191 e. The molecule has 1 aromatic heterocycles. The summed E-state index contributed by atoms with van der Waals surface area (Å²) in [5.41, 5.74) is 1.12. The van der Waals surface area contributed by atoms with E-state index in [9.17, 15) is 0 Å². The molecule has 1 saturated heterocycles. The standard InChI is InChI=1S/C18H33N5OS.HI/c1-5-19-18(21-13-17-22-14(2)15(3)25-17)20-12-16-6-8-23(9-7-16)10-11-24-4;/h16H,5-13H2,1-4H3,(H2,19,20,21);1H. The first-order valence-electron chi connectivity index (χ1n) is 9.28. The van der Waals surface area contributed by atoms with Gasteiger partial charge < -0.3 is 20.3 Å². The summed E-state index contributed by atoms with van der Waals surface area (Å²) in [5.74, 6) is 1.61. The van der Waals surface area contributed by atoms with Gasteiger partial charge in [0.15, 0.2) is 5.96 Å². The van der Waals surface area contributed by atoms with Crippen LogP contribution in [-0.4, -0.2) is 62.3 Å². The molecule has 1 aromatic rings. The Bertz CT molecular complexity index is 524. The summed E-state index contributed by atoms with van der Waals surface area (Å²) >= 11 is 1.74. The van der Waals surface area contributed by atoms with E-state index in [0.29, 0.717) is 12.5 Å². The van der Waals surface area contributed by atoms with Crippen molar-refractivity contribution in [3.8, 4) is 0 Å². The van der Waals surface area contributed by atoms with Crippen LogP contribution >= 0.6 is 35.3 Å². The second kappa shape index (κ2) is 12.9. The Labute approximate surface area is 179 Å². The van der Waals surface area contributed by atoms with Crippen LogP contribution in [0.5, 0.6) is 0 Å². The molecule has 1 aliphatic rings. The minimum Gasteiger partial charge on any atom is -0.383 e. The van der Waals surface area contributed by atoms with Crippen LogP contribution in [0.1, 0.15) is 35.3 Å². The second-order valence-corrected chi connectivity index (χ2v) is 7.89. The monoisotopic (exact) mass is 495 g/mol. The van der Waals surface area contributed by atoms with Crippen LogP contribution < -0.4 is 10.6 Å². The molecule has 0 amide bonds. The fraction of sp³-hybridized carbons (Fsp3) is 0.778. The molecule has 0 aromatic carbocycles. The summed E-state index contributed by atoms with van der Waals surface area (Å²) in [6.45, 7) is 13.0. The van der Waals surface area contributed by atoms with Gasteiger partial charge >= 0.3 is 0 Å². The predicted octanol–water partition coefficient (Wildman–Crippen LogP) is 2.79. The fourth-order valence-corrected chi connectivity index (χ4v) is 3.83. The summed E-state index contributed by atoms with van der Waals surface area (Å²) in [6.07, 6.45) is 2.47. The van der Waals surface area contributed by atoms with Crippen LogP contribution in [0.25, 0.3) is 0 Å². The number of rotatable bonds is 8. The van der Waals surface area contributed by atoms with Crippen molar-refractivity contribution in [2.24, 2.45) is 10.9 Å². The van der Waals surface area contributed by atoms with E-state index in [2.05, 4.69) is 41.3 Å². The van der Waals surface area contributed by atoms with Crippen LogP contribution in [0.3, 0.4) is 0 Å². The molecule has 6 nitrogen and oxygen atoms in total. The molecule has 0 aliphatic carbocycles. The number of aromatic nitrogens is 1. The summed E-state index contributed by atoms with van der Waals surface area (Å²) in [5, 5.41) is 7.93. The minimum absolute atomic E-state index is 0. The molecule has 0 saturated carbocycles. The van der Waals surface area contributed by atoms with Crippen LogP contribution in [0.2, 0.25) is 0 Å². The quantitative estimate of drug-likeness (QED) is 0.330.